The van der Waals surface area contributed by atoms with Gasteiger partial charge in [-0.1, -0.05) is 0 Å². The van der Waals surface area contributed by atoms with Gasteiger partial charge in [0.25, 0.3) is 5.91 Å². The summed E-state index contributed by atoms with van der Waals surface area (Å²) in [7, 11) is 0. The van der Waals surface area contributed by atoms with Crippen molar-refractivity contribution in [1.82, 2.24) is 4.90 Å². The van der Waals surface area contributed by atoms with E-state index in [1.54, 1.807) is 29.3 Å². The maximum absolute atomic E-state index is 12.2. The topological polar surface area (TPSA) is 109 Å². The smallest absolute Gasteiger partial charge is 0.339 e. The molecule has 2 aromatic carbocycles. The Morgan fingerprint density at radius 3 is 2.66 bits per heavy atom. The molecule has 1 amide bonds. The zero-order chi connectivity index (χ0) is 20.8. The van der Waals surface area contributed by atoms with Crippen LogP contribution in [-0.4, -0.2) is 66.1 Å². The molecule has 2 N–H and O–H groups in total. The van der Waals surface area contributed by atoms with Crippen molar-refractivity contribution in [2.24, 2.45) is 4.99 Å². The molecule has 0 radical (unpaired) electrons. The van der Waals surface area contributed by atoms with E-state index in [2.05, 4.69) is 20.9 Å². The molecule has 2 aromatic rings. The quantitative estimate of drug-likeness (QED) is 0.638. The number of carboxylic acids is 1. The minimum atomic E-state index is -1.23. The predicted molar refractivity (Wildman–Crippen MR) is 109 cm³/mol. The van der Waals surface area contributed by atoms with Crippen molar-refractivity contribution in [3.63, 3.8) is 0 Å². The fourth-order valence-corrected chi connectivity index (χ4v) is 3.19. The molecular weight excluding hydrogens is 444 g/mol. The fraction of sp³-hybridized carbons (Fsp3) is 0.250. The Kier molecular flexibility index (Phi) is 6.84. The van der Waals surface area contributed by atoms with E-state index < -0.39 is 5.97 Å². The van der Waals surface area contributed by atoms with Crippen LogP contribution in [0.4, 0.5) is 5.69 Å². The number of morpholine rings is 1. The Hall–Kier alpha value is -2.91. The molecule has 0 unspecified atom stereocenters. The lowest BCUT2D eigenvalue weighted by Gasteiger charge is -2.26. The van der Waals surface area contributed by atoms with Gasteiger partial charge in [0.15, 0.2) is 6.61 Å². The van der Waals surface area contributed by atoms with Crippen LogP contribution in [0.25, 0.3) is 0 Å². The maximum atomic E-state index is 12.2. The molecular formula is C20H19BrN2O6. The normalized spacial score (nSPS) is 14.2. The lowest BCUT2D eigenvalue weighted by atomic mass is 10.2. The standard InChI is InChI=1S/C20H19BrN2O6/c21-16-9-13(11-22-14-2-3-17(24)15(10-14)20(26)27)1-4-18(16)29-12-19(25)23-5-7-28-8-6-23/h1-4,9-11,24H,5-8,12H2,(H,26,27). The van der Waals surface area contributed by atoms with Crippen molar-refractivity contribution in [3.05, 3.63) is 52.0 Å². The van der Waals surface area contributed by atoms with Crippen LogP contribution < -0.4 is 4.74 Å². The van der Waals surface area contributed by atoms with Gasteiger partial charge in [-0.3, -0.25) is 9.79 Å². The van der Waals surface area contributed by atoms with Crippen molar-refractivity contribution in [2.75, 3.05) is 32.9 Å². The van der Waals surface area contributed by atoms with Crippen LogP contribution in [-0.2, 0) is 9.53 Å². The van der Waals surface area contributed by atoms with Crippen LogP contribution in [0, 0.1) is 0 Å². The number of carbonyl (C=O) groups is 2. The maximum Gasteiger partial charge on any atom is 0.339 e. The number of aromatic hydroxyl groups is 1. The molecule has 1 aliphatic heterocycles. The zero-order valence-electron chi connectivity index (χ0n) is 15.4. The van der Waals surface area contributed by atoms with E-state index in [1.165, 1.54) is 18.2 Å². The number of hydrogen-bond donors (Lipinski definition) is 2. The third-order valence-corrected chi connectivity index (χ3v) is 4.86. The van der Waals surface area contributed by atoms with Gasteiger partial charge < -0.3 is 24.6 Å². The minimum absolute atomic E-state index is 0.0580. The van der Waals surface area contributed by atoms with Crippen molar-refractivity contribution in [1.29, 1.82) is 0 Å². The molecule has 3 rings (SSSR count). The molecule has 0 saturated carbocycles. The molecule has 0 aromatic heterocycles. The molecule has 9 heteroatoms. The van der Waals surface area contributed by atoms with Crippen LogP contribution in [0.1, 0.15) is 15.9 Å². The molecule has 0 spiro atoms. The van der Waals surface area contributed by atoms with Crippen molar-refractivity contribution >= 4 is 39.7 Å². The first-order chi connectivity index (χ1) is 13.9. The molecule has 152 valence electrons. The first-order valence-electron chi connectivity index (χ1n) is 8.82. The average molecular weight is 463 g/mol. The summed E-state index contributed by atoms with van der Waals surface area (Å²) in [5.41, 5.74) is 0.927. The first-order valence-corrected chi connectivity index (χ1v) is 9.61. The van der Waals surface area contributed by atoms with Crippen LogP contribution in [0.2, 0.25) is 0 Å². The van der Waals surface area contributed by atoms with Gasteiger partial charge in [0.2, 0.25) is 0 Å². The van der Waals surface area contributed by atoms with Gasteiger partial charge in [0.1, 0.15) is 17.1 Å². The lowest BCUT2D eigenvalue weighted by molar-refractivity contribution is -0.137. The molecule has 1 aliphatic rings. The zero-order valence-corrected chi connectivity index (χ0v) is 17.0. The molecule has 0 bridgehead atoms. The highest BCUT2D eigenvalue weighted by molar-refractivity contribution is 9.10. The molecule has 1 fully saturated rings. The second-order valence-electron chi connectivity index (χ2n) is 6.24. The number of benzene rings is 2. The van der Waals surface area contributed by atoms with Crippen LogP contribution in [0.3, 0.4) is 0 Å². The number of ether oxygens (including phenoxy) is 2. The molecule has 1 heterocycles. The van der Waals surface area contributed by atoms with Gasteiger partial charge >= 0.3 is 5.97 Å². The molecule has 1 saturated heterocycles. The van der Waals surface area contributed by atoms with Crippen LogP contribution in [0.5, 0.6) is 11.5 Å². The highest BCUT2D eigenvalue weighted by Crippen LogP contribution is 2.27. The van der Waals surface area contributed by atoms with Gasteiger partial charge in [-0.05, 0) is 57.9 Å². The summed E-state index contributed by atoms with van der Waals surface area (Å²) in [6, 6.07) is 9.35. The second-order valence-corrected chi connectivity index (χ2v) is 7.09. The number of nitrogens with zero attached hydrogens (tertiary/aromatic N) is 2. The van der Waals surface area contributed by atoms with Gasteiger partial charge in [-0.15, -0.1) is 0 Å². The van der Waals surface area contributed by atoms with E-state index >= 15 is 0 Å². The number of carbonyl (C=O) groups excluding carboxylic acids is 1. The largest absolute Gasteiger partial charge is 0.507 e. The second kappa shape index (κ2) is 9.53. The lowest BCUT2D eigenvalue weighted by Crippen LogP contribution is -2.43. The molecule has 0 aliphatic carbocycles. The Morgan fingerprint density at radius 2 is 1.97 bits per heavy atom. The number of aliphatic imine (C=N–C) groups is 1. The number of aromatic carboxylic acids is 1. The molecule has 8 nitrogen and oxygen atoms in total. The van der Waals surface area contributed by atoms with E-state index in [1.807, 2.05) is 0 Å². The highest BCUT2D eigenvalue weighted by atomic mass is 79.9. The monoisotopic (exact) mass is 462 g/mol. The average Bonchev–Trinajstić information content (AvgIpc) is 2.72. The van der Waals surface area contributed by atoms with Gasteiger partial charge in [-0.25, -0.2) is 4.79 Å². The summed E-state index contributed by atoms with van der Waals surface area (Å²) in [5.74, 6) is -1.10. The molecule has 29 heavy (non-hydrogen) atoms. The number of amides is 1. The Balaban J connectivity index is 1.63. The number of carboxylic acid groups (broad SMARTS) is 1. The predicted octanol–water partition coefficient (Wildman–Crippen LogP) is 2.84. The number of phenols is 1. The Bertz CT molecular complexity index is 941. The number of hydrogen-bond acceptors (Lipinski definition) is 6. The van der Waals surface area contributed by atoms with Gasteiger partial charge in [0.05, 0.1) is 23.4 Å². The SMILES string of the molecule is O=C(O)c1cc(N=Cc2ccc(OCC(=O)N3CCOCC3)c(Br)c2)ccc1O. The summed E-state index contributed by atoms with van der Waals surface area (Å²) in [4.78, 5) is 29.2. The number of halogens is 1. The number of rotatable bonds is 6. The third kappa shape index (κ3) is 5.55. The fourth-order valence-electron chi connectivity index (χ4n) is 2.68. The van der Waals surface area contributed by atoms with E-state index in [4.69, 9.17) is 14.6 Å². The minimum Gasteiger partial charge on any atom is -0.507 e. The van der Waals surface area contributed by atoms with Gasteiger partial charge in [-0.2, -0.15) is 0 Å². The van der Waals surface area contributed by atoms with E-state index in [9.17, 15) is 14.7 Å². The summed E-state index contributed by atoms with van der Waals surface area (Å²) in [5, 5.41) is 18.6. The summed E-state index contributed by atoms with van der Waals surface area (Å²) in [6.07, 6.45) is 1.56. The van der Waals surface area contributed by atoms with Crippen molar-refractivity contribution in [2.45, 2.75) is 0 Å². The summed E-state index contributed by atoms with van der Waals surface area (Å²) < 4.78 is 11.5. The van der Waals surface area contributed by atoms with E-state index in [0.717, 1.165) is 5.56 Å². The Labute approximate surface area is 175 Å². The highest BCUT2D eigenvalue weighted by Gasteiger charge is 2.17. The van der Waals surface area contributed by atoms with Crippen molar-refractivity contribution < 1.29 is 29.3 Å². The van der Waals surface area contributed by atoms with Crippen molar-refractivity contribution in [3.8, 4) is 11.5 Å². The van der Waals surface area contributed by atoms with Gasteiger partial charge in [0, 0.05) is 19.3 Å². The first kappa shape index (κ1) is 20.8. The van der Waals surface area contributed by atoms with Crippen LogP contribution in [0.15, 0.2) is 45.9 Å². The summed E-state index contributed by atoms with van der Waals surface area (Å²) in [6.45, 7) is 2.16. The van der Waals surface area contributed by atoms with Crippen LogP contribution >= 0.6 is 15.9 Å². The molecule has 0 atom stereocenters. The van der Waals surface area contributed by atoms with E-state index in [0.29, 0.717) is 42.2 Å². The Morgan fingerprint density at radius 1 is 1.21 bits per heavy atom. The summed E-state index contributed by atoms with van der Waals surface area (Å²) >= 11 is 3.42. The third-order valence-electron chi connectivity index (χ3n) is 4.24. The van der Waals surface area contributed by atoms with E-state index in [-0.39, 0.29) is 23.8 Å².